The average Bonchev–Trinajstić information content (AvgIpc) is 3.00. The number of halogens is 1. The zero-order valence-electron chi connectivity index (χ0n) is 16.3. The van der Waals surface area contributed by atoms with Gasteiger partial charge in [-0.2, -0.15) is 5.26 Å². The Hall–Kier alpha value is -4.18. The molecule has 0 atom stereocenters. The van der Waals surface area contributed by atoms with Crippen molar-refractivity contribution in [2.75, 3.05) is 5.32 Å². The highest BCUT2D eigenvalue weighted by Crippen LogP contribution is 2.23. The second-order valence-corrected chi connectivity index (χ2v) is 6.64. The fourth-order valence-electron chi connectivity index (χ4n) is 3.12. The number of hydrogen-bond donors (Lipinski definition) is 2. The topological polar surface area (TPSA) is 95.1 Å². The van der Waals surface area contributed by atoms with Gasteiger partial charge in [-0.05, 0) is 80.1 Å². The maximum atomic E-state index is 13.0. The summed E-state index contributed by atoms with van der Waals surface area (Å²) in [5.41, 5.74) is 3.57. The highest BCUT2D eigenvalue weighted by Gasteiger charge is 2.14. The first kappa shape index (κ1) is 20.6. The summed E-state index contributed by atoms with van der Waals surface area (Å²) in [5, 5.41) is 21.1. The third-order valence-electron chi connectivity index (χ3n) is 4.61. The molecule has 2 N–H and O–H groups in total. The Morgan fingerprint density at radius 2 is 1.73 bits per heavy atom. The number of nitrogens with zero attached hydrogens (tertiary/aromatic N) is 2. The summed E-state index contributed by atoms with van der Waals surface area (Å²) in [6, 6.07) is 15.4. The minimum atomic E-state index is -1.00. The molecule has 0 bridgehead atoms. The van der Waals surface area contributed by atoms with E-state index in [-0.39, 0.29) is 11.1 Å². The van der Waals surface area contributed by atoms with Crippen LogP contribution in [0.3, 0.4) is 0 Å². The third kappa shape index (κ3) is 4.28. The van der Waals surface area contributed by atoms with Gasteiger partial charge in [-0.1, -0.05) is 0 Å². The standard InChI is InChI=1S/C23H18FN3O3/c1-14-11-17(15(2)27(14)21-9-3-16(4-10-21)23(29)30)12-18(13-25)22(28)26-20-7-5-19(24)6-8-20/h3-12H,1-2H3,(H,26,28)(H,29,30)/b18-12-. The van der Waals surface area contributed by atoms with Gasteiger partial charge in [0, 0.05) is 22.8 Å². The Kier molecular flexibility index (Phi) is 5.79. The Morgan fingerprint density at radius 3 is 2.30 bits per heavy atom. The van der Waals surface area contributed by atoms with Crippen molar-refractivity contribution in [1.29, 1.82) is 5.26 Å². The van der Waals surface area contributed by atoms with Gasteiger partial charge in [0.15, 0.2) is 0 Å². The Balaban J connectivity index is 1.91. The van der Waals surface area contributed by atoms with Crippen molar-refractivity contribution in [2.45, 2.75) is 13.8 Å². The molecule has 6 nitrogen and oxygen atoms in total. The molecular formula is C23H18FN3O3. The molecule has 1 heterocycles. The van der Waals surface area contributed by atoms with Gasteiger partial charge in [-0.15, -0.1) is 0 Å². The zero-order valence-corrected chi connectivity index (χ0v) is 16.3. The number of carbonyl (C=O) groups excluding carboxylic acids is 1. The molecule has 3 aromatic rings. The van der Waals surface area contributed by atoms with Gasteiger partial charge in [-0.3, -0.25) is 4.79 Å². The second kappa shape index (κ2) is 8.45. The van der Waals surface area contributed by atoms with Crippen molar-refractivity contribution in [3.05, 3.63) is 88.5 Å². The van der Waals surface area contributed by atoms with Gasteiger partial charge in [0.2, 0.25) is 0 Å². The van der Waals surface area contributed by atoms with E-state index in [1.807, 2.05) is 30.6 Å². The van der Waals surface area contributed by atoms with E-state index in [0.29, 0.717) is 11.3 Å². The maximum Gasteiger partial charge on any atom is 0.335 e. The molecule has 0 unspecified atom stereocenters. The number of anilines is 1. The van der Waals surface area contributed by atoms with Crippen molar-refractivity contribution in [3.8, 4) is 11.8 Å². The molecule has 0 radical (unpaired) electrons. The first-order valence-corrected chi connectivity index (χ1v) is 9.01. The summed E-state index contributed by atoms with van der Waals surface area (Å²) in [7, 11) is 0. The number of aromatic carboxylic acids is 1. The number of nitrogens with one attached hydrogen (secondary N) is 1. The Bertz CT molecular complexity index is 1180. The van der Waals surface area contributed by atoms with Gasteiger partial charge >= 0.3 is 5.97 Å². The van der Waals surface area contributed by atoms with E-state index in [2.05, 4.69) is 5.32 Å². The number of carboxylic acid groups (broad SMARTS) is 1. The highest BCUT2D eigenvalue weighted by atomic mass is 19.1. The number of carbonyl (C=O) groups is 2. The summed E-state index contributed by atoms with van der Waals surface area (Å²) in [4.78, 5) is 23.5. The van der Waals surface area contributed by atoms with Crippen molar-refractivity contribution in [2.24, 2.45) is 0 Å². The molecule has 30 heavy (non-hydrogen) atoms. The molecule has 2 aromatic carbocycles. The maximum absolute atomic E-state index is 13.0. The fourth-order valence-corrected chi connectivity index (χ4v) is 3.12. The largest absolute Gasteiger partial charge is 0.478 e. The zero-order chi connectivity index (χ0) is 21.8. The molecule has 0 spiro atoms. The summed E-state index contributed by atoms with van der Waals surface area (Å²) in [6.07, 6.45) is 1.49. The molecule has 0 fully saturated rings. The van der Waals surface area contributed by atoms with Crippen LogP contribution >= 0.6 is 0 Å². The molecule has 0 saturated carbocycles. The van der Waals surface area contributed by atoms with Gasteiger partial charge < -0.3 is 15.0 Å². The first-order chi connectivity index (χ1) is 14.3. The van der Waals surface area contributed by atoms with E-state index in [0.717, 1.165) is 17.1 Å². The molecule has 0 aliphatic rings. The van der Waals surface area contributed by atoms with E-state index >= 15 is 0 Å². The van der Waals surface area contributed by atoms with E-state index in [4.69, 9.17) is 5.11 Å². The number of amides is 1. The van der Waals surface area contributed by atoms with Gasteiger partial charge in [0.05, 0.1) is 5.56 Å². The third-order valence-corrected chi connectivity index (χ3v) is 4.61. The number of rotatable bonds is 5. The van der Waals surface area contributed by atoms with Gasteiger partial charge in [-0.25, -0.2) is 9.18 Å². The summed E-state index contributed by atoms with van der Waals surface area (Å²) in [6.45, 7) is 3.72. The van der Waals surface area contributed by atoms with Crippen LogP contribution in [0.5, 0.6) is 0 Å². The lowest BCUT2D eigenvalue weighted by molar-refractivity contribution is -0.112. The van der Waals surface area contributed by atoms with Crippen molar-refractivity contribution in [1.82, 2.24) is 4.57 Å². The molecular weight excluding hydrogens is 385 g/mol. The predicted octanol–water partition coefficient (Wildman–Crippen LogP) is 4.48. The highest BCUT2D eigenvalue weighted by molar-refractivity contribution is 6.09. The van der Waals surface area contributed by atoms with Crippen LogP contribution in [0.15, 0.2) is 60.2 Å². The van der Waals surface area contributed by atoms with Crippen LogP contribution in [0.2, 0.25) is 0 Å². The predicted molar refractivity (Wildman–Crippen MR) is 111 cm³/mol. The van der Waals surface area contributed by atoms with Crippen LogP contribution in [0, 0.1) is 31.0 Å². The van der Waals surface area contributed by atoms with E-state index < -0.39 is 17.7 Å². The van der Waals surface area contributed by atoms with Crippen LogP contribution in [-0.2, 0) is 4.79 Å². The van der Waals surface area contributed by atoms with E-state index in [9.17, 15) is 19.2 Å². The number of hydrogen-bond acceptors (Lipinski definition) is 3. The van der Waals surface area contributed by atoms with Crippen molar-refractivity contribution in [3.63, 3.8) is 0 Å². The molecule has 0 aliphatic carbocycles. The lowest BCUT2D eigenvalue weighted by atomic mass is 10.1. The van der Waals surface area contributed by atoms with Crippen molar-refractivity contribution < 1.29 is 19.1 Å². The van der Waals surface area contributed by atoms with Gasteiger partial charge in [0.1, 0.15) is 17.5 Å². The van der Waals surface area contributed by atoms with E-state index in [1.54, 1.807) is 12.1 Å². The number of aromatic nitrogens is 1. The van der Waals surface area contributed by atoms with Crippen LogP contribution in [0.4, 0.5) is 10.1 Å². The average molecular weight is 403 g/mol. The molecule has 3 rings (SSSR count). The molecule has 0 aliphatic heterocycles. The van der Waals surface area contributed by atoms with E-state index in [1.165, 1.54) is 42.5 Å². The summed E-state index contributed by atoms with van der Waals surface area (Å²) >= 11 is 0. The SMILES string of the molecule is Cc1cc(/C=C(/C#N)C(=O)Nc2ccc(F)cc2)c(C)n1-c1ccc(C(=O)O)cc1. The molecule has 0 saturated heterocycles. The van der Waals surface area contributed by atoms with Crippen molar-refractivity contribution >= 4 is 23.6 Å². The summed E-state index contributed by atoms with van der Waals surface area (Å²) in [5.74, 6) is -2.02. The number of benzene rings is 2. The second-order valence-electron chi connectivity index (χ2n) is 6.64. The van der Waals surface area contributed by atoms with Gasteiger partial charge in [0.25, 0.3) is 5.91 Å². The smallest absolute Gasteiger partial charge is 0.335 e. The molecule has 150 valence electrons. The summed E-state index contributed by atoms with van der Waals surface area (Å²) < 4.78 is 14.9. The first-order valence-electron chi connectivity index (χ1n) is 9.01. The normalized spacial score (nSPS) is 11.1. The number of nitriles is 1. The lowest BCUT2D eigenvalue weighted by Crippen LogP contribution is -2.13. The quantitative estimate of drug-likeness (QED) is 0.485. The Labute approximate surface area is 172 Å². The van der Waals surface area contributed by atoms with Crippen LogP contribution in [0.1, 0.15) is 27.3 Å². The van der Waals surface area contributed by atoms with Crippen LogP contribution < -0.4 is 5.32 Å². The number of carboxylic acids is 1. The molecule has 1 amide bonds. The van der Waals surface area contributed by atoms with Crippen LogP contribution in [-0.4, -0.2) is 21.6 Å². The molecule has 1 aromatic heterocycles. The molecule has 7 heteroatoms. The lowest BCUT2D eigenvalue weighted by Gasteiger charge is -2.10. The van der Waals surface area contributed by atoms with Crippen LogP contribution in [0.25, 0.3) is 11.8 Å². The monoisotopic (exact) mass is 403 g/mol. The minimum Gasteiger partial charge on any atom is -0.478 e. The minimum absolute atomic E-state index is 0.0965. The fraction of sp³-hybridized carbons (Fsp3) is 0.0870. The number of aryl methyl sites for hydroxylation is 1. The Morgan fingerprint density at radius 1 is 1.10 bits per heavy atom.